The highest BCUT2D eigenvalue weighted by molar-refractivity contribution is 5.84. The normalized spacial score (nSPS) is 10.9. The summed E-state index contributed by atoms with van der Waals surface area (Å²) in [7, 11) is 0. The third-order valence-corrected chi connectivity index (χ3v) is 2.45. The molecule has 0 aliphatic rings. The Morgan fingerprint density at radius 1 is 1.56 bits per heavy atom. The maximum Gasteiger partial charge on any atom is 0.240 e. The molecule has 1 N–H and O–H groups in total. The molecule has 0 aliphatic heterocycles. The lowest BCUT2D eigenvalue weighted by molar-refractivity contribution is -0.126. The minimum atomic E-state index is -1.01. The van der Waals surface area contributed by atoms with E-state index in [0.717, 1.165) is 11.3 Å². The van der Waals surface area contributed by atoms with Crippen LogP contribution in [-0.4, -0.2) is 11.1 Å². The molecule has 5 heteroatoms. The van der Waals surface area contributed by atoms with Gasteiger partial charge in [-0.1, -0.05) is 5.16 Å². The van der Waals surface area contributed by atoms with Gasteiger partial charge in [0.15, 0.2) is 0 Å². The van der Waals surface area contributed by atoms with Gasteiger partial charge in [0.25, 0.3) is 0 Å². The molecule has 1 rings (SSSR count). The Hall–Kier alpha value is -1.83. The molecule has 16 heavy (non-hydrogen) atoms. The number of nitrogens with one attached hydrogen (secondary N) is 1. The zero-order chi connectivity index (χ0) is 12.3. The Morgan fingerprint density at radius 3 is 2.62 bits per heavy atom. The van der Waals surface area contributed by atoms with Gasteiger partial charge in [-0.05, 0) is 27.7 Å². The fourth-order valence-corrected chi connectivity index (χ4v) is 1.19. The molecule has 0 saturated heterocycles. The number of aromatic nitrogens is 1. The Kier molecular flexibility index (Phi) is 3.33. The van der Waals surface area contributed by atoms with Crippen LogP contribution in [0.2, 0.25) is 0 Å². The summed E-state index contributed by atoms with van der Waals surface area (Å²) in [5.41, 5.74) is 0.605. The molecule has 0 aromatic carbocycles. The highest BCUT2D eigenvalue weighted by Crippen LogP contribution is 2.15. The number of amides is 1. The van der Waals surface area contributed by atoms with Crippen molar-refractivity contribution in [2.45, 2.75) is 34.2 Å². The predicted octanol–water partition coefficient (Wildman–Crippen LogP) is 1.46. The van der Waals surface area contributed by atoms with Crippen LogP contribution < -0.4 is 5.32 Å². The van der Waals surface area contributed by atoms with Crippen molar-refractivity contribution < 1.29 is 9.32 Å². The molecule has 1 aromatic heterocycles. The summed E-state index contributed by atoms with van der Waals surface area (Å²) in [6.07, 6.45) is 0. The molecule has 0 spiro atoms. The topological polar surface area (TPSA) is 78.9 Å². The summed E-state index contributed by atoms with van der Waals surface area (Å²) in [6, 6.07) is 1.95. The number of aryl methyl sites for hydroxylation is 2. The van der Waals surface area contributed by atoms with Gasteiger partial charge in [-0.15, -0.1) is 0 Å². The molecule has 0 unspecified atom stereocenters. The van der Waals surface area contributed by atoms with Crippen LogP contribution in [-0.2, 0) is 11.3 Å². The molecule has 1 aromatic rings. The molecule has 1 amide bonds. The van der Waals surface area contributed by atoms with Crippen LogP contribution in [0.5, 0.6) is 0 Å². The van der Waals surface area contributed by atoms with Gasteiger partial charge < -0.3 is 9.84 Å². The Labute approximate surface area is 94.4 Å². The first-order valence-electron chi connectivity index (χ1n) is 5.00. The average Bonchev–Trinajstić information content (AvgIpc) is 2.55. The third kappa shape index (κ3) is 2.40. The number of nitriles is 1. The number of carbonyl (C=O) groups is 1. The van der Waals surface area contributed by atoms with E-state index >= 15 is 0 Å². The second-order valence-electron chi connectivity index (χ2n) is 4.22. The first kappa shape index (κ1) is 12.2. The van der Waals surface area contributed by atoms with E-state index in [0.29, 0.717) is 12.3 Å². The van der Waals surface area contributed by atoms with Crippen LogP contribution in [0.25, 0.3) is 0 Å². The van der Waals surface area contributed by atoms with Gasteiger partial charge in [-0.2, -0.15) is 5.26 Å². The van der Waals surface area contributed by atoms with Crippen molar-refractivity contribution in [3.63, 3.8) is 0 Å². The van der Waals surface area contributed by atoms with E-state index in [-0.39, 0.29) is 5.91 Å². The minimum absolute atomic E-state index is 0.296. The standard InChI is InChI=1S/C11H15N3O2/c1-7-9(8(2)16-14-7)5-13-10(15)11(3,4)6-12/h5H2,1-4H3,(H,13,15). The molecule has 0 aliphatic carbocycles. The second kappa shape index (κ2) is 4.35. The second-order valence-corrected chi connectivity index (χ2v) is 4.22. The predicted molar refractivity (Wildman–Crippen MR) is 57.2 cm³/mol. The monoisotopic (exact) mass is 221 g/mol. The molecular weight excluding hydrogens is 206 g/mol. The van der Waals surface area contributed by atoms with E-state index in [4.69, 9.17) is 9.78 Å². The molecule has 0 fully saturated rings. The zero-order valence-corrected chi connectivity index (χ0v) is 9.92. The van der Waals surface area contributed by atoms with Crippen molar-refractivity contribution in [3.8, 4) is 6.07 Å². The summed E-state index contributed by atoms with van der Waals surface area (Å²) in [4.78, 5) is 11.6. The highest BCUT2D eigenvalue weighted by Gasteiger charge is 2.27. The van der Waals surface area contributed by atoms with Gasteiger partial charge in [-0.3, -0.25) is 4.79 Å². The van der Waals surface area contributed by atoms with Crippen molar-refractivity contribution in [1.82, 2.24) is 10.5 Å². The Morgan fingerprint density at radius 2 is 2.19 bits per heavy atom. The van der Waals surface area contributed by atoms with Crippen LogP contribution in [0.4, 0.5) is 0 Å². The van der Waals surface area contributed by atoms with Gasteiger partial charge >= 0.3 is 0 Å². The van der Waals surface area contributed by atoms with Crippen LogP contribution in [0.1, 0.15) is 30.9 Å². The lowest BCUT2D eigenvalue weighted by Crippen LogP contribution is -2.35. The average molecular weight is 221 g/mol. The summed E-state index contributed by atoms with van der Waals surface area (Å²) in [5, 5.41) is 15.3. The Balaban J connectivity index is 2.67. The van der Waals surface area contributed by atoms with Gasteiger partial charge in [0.1, 0.15) is 11.2 Å². The molecular formula is C11H15N3O2. The van der Waals surface area contributed by atoms with Gasteiger partial charge in [-0.25, -0.2) is 0 Å². The molecule has 0 atom stereocenters. The number of hydrogen-bond donors (Lipinski definition) is 1. The van der Waals surface area contributed by atoms with Crippen molar-refractivity contribution in [2.24, 2.45) is 5.41 Å². The lowest BCUT2D eigenvalue weighted by Gasteiger charge is -2.14. The van der Waals surface area contributed by atoms with E-state index in [2.05, 4.69) is 10.5 Å². The zero-order valence-electron chi connectivity index (χ0n) is 9.92. The minimum Gasteiger partial charge on any atom is -0.361 e. The maximum atomic E-state index is 11.6. The fourth-order valence-electron chi connectivity index (χ4n) is 1.19. The highest BCUT2D eigenvalue weighted by atomic mass is 16.5. The van der Waals surface area contributed by atoms with Crippen LogP contribution >= 0.6 is 0 Å². The SMILES string of the molecule is Cc1noc(C)c1CNC(=O)C(C)(C)C#N. The van der Waals surface area contributed by atoms with E-state index in [1.54, 1.807) is 20.8 Å². The van der Waals surface area contributed by atoms with Crippen LogP contribution in [0.3, 0.4) is 0 Å². The van der Waals surface area contributed by atoms with E-state index < -0.39 is 5.41 Å². The third-order valence-electron chi connectivity index (χ3n) is 2.45. The largest absolute Gasteiger partial charge is 0.361 e. The first-order chi connectivity index (χ1) is 7.38. The first-order valence-corrected chi connectivity index (χ1v) is 5.00. The van der Waals surface area contributed by atoms with E-state index in [9.17, 15) is 4.79 Å². The number of rotatable bonds is 3. The maximum absolute atomic E-state index is 11.6. The summed E-state index contributed by atoms with van der Waals surface area (Å²) in [6.45, 7) is 7.10. The number of carbonyl (C=O) groups excluding carboxylic acids is 1. The lowest BCUT2D eigenvalue weighted by atomic mass is 9.94. The smallest absolute Gasteiger partial charge is 0.240 e. The van der Waals surface area contributed by atoms with E-state index in [1.807, 2.05) is 13.0 Å². The van der Waals surface area contributed by atoms with Gasteiger partial charge in [0.05, 0.1) is 11.8 Å². The summed E-state index contributed by atoms with van der Waals surface area (Å²) < 4.78 is 4.97. The van der Waals surface area contributed by atoms with Gasteiger partial charge in [0.2, 0.25) is 5.91 Å². The van der Waals surface area contributed by atoms with Crippen molar-refractivity contribution >= 4 is 5.91 Å². The van der Waals surface area contributed by atoms with Crippen molar-refractivity contribution in [1.29, 1.82) is 5.26 Å². The van der Waals surface area contributed by atoms with Crippen molar-refractivity contribution in [3.05, 3.63) is 17.0 Å². The number of hydrogen-bond acceptors (Lipinski definition) is 4. The molecule has 86 valence electrons. The van der Waals surface area contributed by atoms with Gasteiger partial charge in [0, 0.05) is 12.1 Å². The van der Waals surface area contributed by atoms with Crippen LogP contribution in [0.15, 0.2) is 4.52 Å². The summed E-state index contributed by atoms with van der Waals surface area (Å²) >= 11 is 0. The van der Waals surface area contributed by atoms with Crippen molar-refractivity contribution in [2.75, 3.05) is 0 Å². The summed E-state index contributed by atoms with van der Waals surface area (Å²) in [5.74, 6) is 0.391. The number of nitrogens with zero attached hydrogens (tertiary/aromatic N) is 2. The van der Waals surface area contributed by atoms with E-state index in [1.165, 1.54) is 0 Å². The molecule has 1 heterocycles. The quantitative estimate of drug-likeness (QED) is 0.838. The molecule has 0 bridgehead atoms. The Bertz CT molecular complexity index is 421. The molecule has 0 saturated carbocycles. The fraction of sp³-hybridized carbons (Fsp3) is 0.545. The molecule has 5 nitrogen and oxygen atoms in total. The van der Waals surface area contributed by atoms with Crippen LogP contribution in [0, 0.1) is 30.6 Å². The molecule has 0 radical (unpaired) electrons.